The SMILES string of the molecule is COC(=O)c1c(NC(=O)C=Cc2ccc([N+](=O)[O-])s2)sc2c1CCC2. The van der Waals surface area contributed by atoms with E-state index in [2.05, 4.69) is 5.32 Å². The lowest BCUT2D eigenvalue weighted by Gasteiger charge is -2.05. The maximum Gasteiger partial charge on any atom is 0.341 e. The molecule has 0 saturated heterocycles. The van der Waals surface area contributed by atoms with Gasteiger partial charge in [0.25, 0.3) is 0 Å². The Morgan fingerprint density at radius 3 is 2.80 bits per heavy atom. The molecule has 25 heavy (non-hydrogen) atoms. The number of anilines is 1. The summed E-state index contributed by atoms with van der Waals surface area (Å²) in [6, 6.07) is 2.97. The third-order valence-corrected chi connectivity index (χ3v) is 5.95. The van der Waals surface area contributed by atoms with Crippen LogP contribution in [0.4, 0.5) is 10.0 Å². The fourth-order valence-electron chi connectivity index (χ4n) is 2.65. The lowest BCUT2D eigenvalue weighted by atomic mass is 10.1. The molecule has 1 amide bonds. The van der Waals surface area contributed by atoms with Gasteiger partial charge >= 0.3 is 11.0 Å². The minimum Gasteiger partial charge on any atom is -0.465 e. The Kier molecular flexibility index (Phi) is 4.95. The van der Waals surface area contributed by atoms with Crippen molar-refractivity contribution in [2.24, 2.45) is 0 Å². The zero-order valence-electron chi connectivity index (χ0n) is 13.2. The monoisotopic (exact) mass is 378 g/mol. The van der Waals surface area contributed by atoms with Gasteiger partial charge in [-0.15, -0.1) is 11.3 Å². The molecule has 7 nitrogen and oxygen atoms in total. The molecule has 0 radical (unpaired) electrons. The molecule has 0 aromatic carbocycles. The first-order chi connectivity index (χ1) is 12.0. The number of ether oxygens (including phenoxy) is 1. The Labute approximate surface area is 151 Å². The quantitative estimate of drug-likeness (QED) is 0.371. The first-order valence-electron chi connectivity index (χ1n) is 7.45. The topological polar surface area (TPSA) is 98.5 Å². The molecule has 0 fully saturated rings. The molecule has 3 rings (SSSR count). The zero-order valence-corrected chi connectivity index (χ0v) is 14.9. The lowest BCUT2D eigenvalue weighted by Crippen LogP contribution is -2.12. The molecule has 2 aromatic rings. The van der Waals surface area contributed by atoms with Crippen molar-refractivity contribution in [3.63, 3.8) is 0 Å². The van der Waals surface area contributed by atoms with Gasteiger partial charge < -0.3 is 10.1 Å². The summed E-state index contributed by atoms with van der Waals surface area (Å²) in [7, 11) is 1.32. The van der Waals surface area contributed by atoms with Crippen molar-refractivity contribution in [1.29, 1.82) is 0 Å². The third kappa shape index (κ3) is 3.62. The summed E-state index contributed by atoms with van der Waals surface area (Å²) >= 11 is 2.38. The van der Waals surface area contributed by atoms with Gasteiger partial charge in [-0.3, -0.25) is 14.9 Å². The molecule has 0 aliphatic heterocycles. The van der Waals surface area contributed by atoms with Crippen molar-refractivity contribution in [2.45, 2.75) is 19.3 Å². The van der Waals surface area contributed by atoms with Crippen LogP contribution in [0.2, 0.25) is 0 Å². The lowest BCUT2D eigenvalue weighted by molar-refractivity contribution is -0.380. The molecule has 1 N–H and O–H groups in total. The Hall–Kier alpha value is -2.52. The maximum atomic E-state index is 12.1. The number of methoxy groups -OCH3 is 1. The number of thiophene rings is 2. The van der Waals surface area contributed by atoms with Crippen LogP contribution in [0.3, 0.4) is 0 Å². The molecule has 0 atom stereocenters. The highest BCUT2D eigenvalue weighted by Gasteiger charge is 2.27. The smallest absolute Gasteiger partial charge is 0.341 e. The Morgan fingerprint density at radius 2 is 2.12 bits per heavy atom. The van der Waals surface area contributed by atoms with Crippen molar-refractivity contribution >= 4 is 50.6 Å². The summed E-state index contributed by atoms with van der Waals surface area (Å²) < 4.78 is 4.83. The molecule has 0 saturated carbocycles. The number of hydrogen-bond acceptors (Lipinski definition) is 7. The molecule has 0 bridgehead atoms. The minimum atomic E-state index is -0.474. The second kappa shape index (κ2) is 7.16. The highest BCUT2D eigenvalue weighted by molar-refractivity contribution is 7.17. The van der Waals surface area contributed by atoms with E-state index >= 15 is 0 Å². The van der Waals surface area contributed by atoms with E-state index < -0.39 is 16.8 Å². The fourth-order valence-corrected chi connectivity index (χ4v) is 4.66. The van der Waals surface area contributed by atoms with Gasteiger partial charge in [-0.25, -0.2) is 4.79 Å². The van der Waals surface area contributed by atoms with Crippen molar-refractivity contribution in [2.75, 3.05) is 12.4 Å². The van der Waals surface area contributed by atoms with E-state index in [-0.39, 0.29) is 5.00 Å². The summed E-state index contributed by atoms with van der Waals surface area (Å²) in [6.07, 6.45) is 5.50. The summed E-state index contributed by atoms with van der Waals surface area (Å²) in [5.41, 5.74) is 1.40. The van der Waals surface area contributed by atoms with Gasteiger partial charge in [0.1, 0.15) is 5.00 Å². The van der Waals surface area contributed by atoms with E-state index in [1.807, 2.05) is 0 Å². The van der Waals surface area contributed by atoms with E-state index in [1.165, 1.54) is 36.7 Å². The number of nitrogens with one attached hydrogen (secondary N) is 1. The molecule has 2 heterocycles. The van der Waals surface area contributed by atoms with Crippen LogP contribution >= 0.6 is 22.7 Å². The summed E-state index contributed by atoms with van der Waals surface area (Å²) in [6.45, 7) is 0. The van der Waals surface area contributed by atoms with E-state index in [9.17, 15) is 19.7 Å². The van der Waals surface area contributed by atoms with Crippen LogP contribution in [0.5, 0.6) is 0 Å². The summed E-state index contributed by atoms with van der Waals surface area (Å²) in [5, 5.41) is 13.9. The van der Waals surface area contributed by atoms with E-state index in [0.717, 1.165) is 41.0 Å². The number of carbonyl (C=O) groups excluding carboxylic acids is 2. The number of carbonyl (C=O) groups is 2. The van der Waals surface area contributed by atoms with Crippen LogP contribution in [0.25, 0.3) is 6.08 Å². The standard InChI is InChI=1S/C16H14N2O5S2/c1-23-16(20)14-10-3-2-4-11(10)25-15(14)17-12(19)7-5-9-6-8-13(24-9)18(21)22/h5-8H,2-4H2,1H3,(H,17,19). The van der Waals surface area contributed by atoms with Crippen molar-refractivity contribution < 1.29 is 19.2 Å². The maximum absolute atomic E-state index is 12.1. The number of rotatable bonds is 5. The van der Waals surface area contributed by atoms with E-state index in [0.29, 0.717) is 15.4 Å². The Morgan fingerprint density at radius 1 is 1.32 bits per heavy atom. The third-order valence-electron chi connectivity index (χ3n) is 3.74. The number of nitro groups is 1. The zero-order chi connectivity index (χ0) is 18.0. The molecule has 1 aliphatic carbocycles. The molecular weight excluding hydrogens is 364 g/mol. The second-order valence-corrected chi connectivity index (χ2v) is 7.51. The van der Waals surface area contributed by atoms with Gasteiger partial charge in [-0.1, -0.05) is 11.3 Å². The predicted molar refractivity (Wildman–Crippen MR) is 96.3 cm³/mol. The average molecular weight is 378 g/mol. The van der Waals surface area contributed by atoms with Crippen LogP contribution in [0.15, 0.2) is 18.2 Å². The van der Waals surface area contributed by atoms with Crippen molar-refractivity contribution in [1.82, 2.24) is 0 Å². The minimum absolute atomic E-state index is 0.0164. The molecule has 1 aliphatic rings. The molecule has 0 spiro atoms. The molecule has 130 valence electrons. The summed E-state index contributed by atoms with van der Waals surface area (Å²) in [5.74, 6) is -0.853. The van der Waals surface area contributed by atoms with Crippen molar-refractivity contribution in [3.8, 4) is 0 Å². The number of esters is 1. The molecule has 2 aromatic heterocycles. The van der Waals surface area contributed by atoms with E-state index in [1.54, 1.807) is 6.07 Å². The first-order valence-corrected chi connectivity index (χ1v) is 9.09. The van der Waals surface area contributed by atoms with Crippen LogP contribution in [0.1, 0.15) is 32.1 Å². The van der Waals surface area contributed by atoms with Gasteiger partial charge in [-0.2, -0.15) is 0 Å². The van der Waals surface area contributed by atoms with Gasteiger partial charge in [0.15, 0.2) is 0 Å². The number of fused-ring (bicyclic) bond motifs is 1. The number of hydrogen-bond donors (Lipinski definition) is 1. The molecule has 0 unspecified atom stereocenters. The average Bonchev–Trinajstić information content (AvgIpc) is 3.27. The molecular formula is C16H14N2O5S2. The first kappa shape index (κ1) is 17.3. The predicted octanol–water partition coefficient (Wildman–Crippen LogP) is 3.65. The van der Waals surface area contributed by atoms with Crippen LogP contribution < -0.4 is 5.32 Å². The van der Waals surface area contributed by atoms with Gasteiger partial charge in [0, 0.05) is 21.9 Å². The highest BCUT2D eigenvalue weighted by atomic mass is 32.1. The summed E-state index contributed by atoms with van der Waals surface area (Å²) in [4.78, 5) is 36.1. The number of nitrogens with zero attached hydrogens (tertiary/aromatic N) is 1. The second-order valence-electron chi connectivity index (χ2n) is 5.31. The van der Waals surface area contributed by atoms with Crippen LogP contribution in [-0.2, 0) is 22.4 Å². The van der Waals surface area contributed by atoms with Gasteiger partial charge in [0.05, 0.1) is 17.6 Å². The largest absolute Gasteiger partial charge is 0.465 e. The number of amides is 1. The van der Waals surface area contributed by atoms with Crippen LogP contribution in [-0.4, -0.2) is 23.9 Å². The van der Waals surface area contributed by atoms with Gasteiger partial charge in [0.2, 0.25) is 5.91 Å². The molecule has 9 heteroatoms. The van der Waals surface area contributed by atoms with E-state index in [4.69, 9.17) is 4.74 Å². The number of aryl methyl sites for hydroxylation is 1. The Bertz CT molecular complexity index is 881. The van der Waals surface area contributed by atoms with Gasteiger partial charge in [-0.05, 0) is 37.0 Å². The fraction of sp³-hybridized carbons (Fsp3) is 0.250. The Balaban J connectivity index is 1.75. The van der Waals surface area contributed by atoms with Crippen molar-refractivity contribution in [3.05, 3.63) is 49.2 Å². The van der Waals surface area contributed by atoms with Crippen LogP contribution in [0, 0.1) is 10.1 Å². The highest BCUT2D eigenvalue weighted by Crippen LogP contribution is 2.39. The normalized spacial score (nSPS) is 13.0.